The van der Waals surface area contributed by atoms with Crippen LogP contribution in [0.5, 0.6) is 0 Å². The summed E-state index contributed by atoms with van der Waals surface area (Å²) in [4.78, 5) is 24.9. The molecular formula is C19H27ClN2O3. The maximum atomic E-state index is 12.8. The standard InChI is InChI=1S/C19H26N2O3.ClH/c1-24-19(23)17(12-6-3-2-4-7-12)21-18(22)15-10-13-8-5-9-14(11-15)16(13)20;/h2-4,6-7,13-17H,5,8-11,20H2,1H3,(H,21,22);1H. The van der Waals surface area contributed by atoms with E-state index in [1.807, 2.05) is 30.3 Å². The summed E-state index contributed by atoms with van der Waals surface area (Å²) in [6, 6.07) is 8.71. The molecule has 25 heavy (non-hydrogen) atoms. The van der Waals surface area contributed by atoms with Crippen LogP contribution < -0.4 is 11.1 Å². The van der Waals surface area contributed by atoms with Crippen LogP contribution in [0.4, 0.5) is 0 Å². The highest BCUT2D eigenvalue weighted by molar-refractivity contribution is 5.86. The molecule has 3 atom stereocenters. The van der Waals surface area contributed by atoms with Gasteiger partial charge in [-0.3, -0.25) is 4.79 Å². The van der Waals surface area contributed by atoms with Crippen molar-refractivity contribution in [2.75, 3.05) is 7.11 Å². The topological polar surface area (TPSA) is 81.4 Å². The van der Waals surface area contributed by atoms with Gasteiger partial charge in [0.15, 0.2) is 6.04 Å². The first-order valence-corrected chi connectivity index (χ1v) is 8.79. The lowest BCUT2D eigenvalue weighted by atomic mass is 9.65. The lowest BCUT2D eigenvalue weighted by Gasteiger charge is -2.43. The number of nitrogens with two attached hydrogens (primary N) is 1. The van der Waals surface area contributed by atoms with Gasteiger partial charge >= 0.3 is 5.97 Å². The lowest BCUT2D eigenvalue weighted by molar-refractivity contribution is -0.146. The van der Waals surface area contributed by atoms with Crippen molar-refractivity contribution in [3.8, 4) is 0 Å². The first kappa shape index (κ1) is 19.7. The molecule has 0 aliphatic heterocycles. The molecule has 3 unspecified atom stereocenters. The Labute approximate surface area is 155 Å². The number of benzene rings is 1. The van der Waals surface area contributed by atoms with E-state index in [1.165, 1.54) is 13.5 Å². The van der Waals surface area contributed by atoms with E-state index in [0.717, 1.165) is 31.2 Å². The Hall–Kier alpha value is -1.59. The number of hydrogen-bond donors (Lipinski definition) is 2. The Morgan fingerprint density at radius 2 is 1.76 bits per heavy atom. The van der Waals surface area contributed by atoms with Crippen LogP contribution in [-0.2, 0) is 14.3 Å². The molecule has 0 saturated heterocycles. The molecule has 0 aromatic heterocycles. The largest absolute Gasteiger partial charge is 0.467 e. The molecule has 0 spiro atoms. The average molecular weight is 367 g/mol. The van der Waals surface area contributed by atoms with Gasteiger partial charge in [-0.25, -0.2) is 4.79 Å². The van der Waals surface area contributed by atoms with Crippen LogP contribution in [0.1, 0.15) is 43.7 Å². The van der Waals surface area contributed by atoms with Crippen molar-refractivity contribution < 1.29 is 14.3 Å². The molecule has 2 aliphatic carbocycles. The minimum atomic E-state index is -0.751. The van der Waals surface area contributed by atoms with Crippen LogP contribution in [0.25, 0.3) is 0 Å². The molecular weight excluding hydrogens is 340 g/mol. The summed E-state index contributed by atoms with van der Waals surface area (Å²) >= 11 is 0. The van der Waals surface area contributed by atoms with Crippen molar-refractivity contribution >= 4 is 24.3 Å². The Morgan fingerprint density at radius 3 is 2.32 bits per heavy atom. The van der Waals surface area contributed by atoms with E-state index in [2.05, 4.69) is 5.32 Å². The molecule has 3 N–H and O–H groups in total. The van der Waals surface area contributed by atoms with Crippen molar-refractivity contribution in [1.82, 2.24) is 5.32 Å². The highest BCUT2D eigenvalue weighted by Gasteiger charge is 2.41. The summed E-state index contributed by atoms with van der Waals surface area (Å²) in [7, 11) is 1.34. The third-order valence-electron chi connectivity index (χ3n) is 5.64. The SMILES string of the molecule is COC(=O)C(NC(=O)C1CC2CCCC(C1)C2N)c1ccccc1.Cl. The van der Waals surface area contributed by atoms with Gasteiger partial charge in [0.1, 0.15) is 0 Å². The second-order valence-electron chi connectivity index (χ2n) is 7.07. The third kappa shape index (κ3) is 4.33. The summed E-state index contributed by atoms with van der Waals surface area (Å²) < 4.78 is 4.87. The van der Waals surface area contributed by atoms with Crippen molar-refractivity contribution in [3.05, 3.63) is 35.9 Å². The van der Waals surface area contributed by atoms with E-state index < -0.39 is 12.0 Å². The van der Waals surface area contributed by atoms with Crippen molar-refractivity contribution in [3.63, 3.8) is 0 Å². The lowest BCUT2D eigenvalue weighted by Crippen LogP contribution is -2.49. The van der Waals surface area contributed by atoms with Crippen LogP contribution in [0.2, 0.25) is 0 Å². The van der Waals surface area contributed by atoms with Crippen LogP contribution >= 0.6 is 12.4 Å². The number of hydrogen-bond acceptors (Lipinski definition) is 4. The van der Waals surface area contributed by atoms with E-state index in [0.29, 0.717) is 11.8 Å². The maximum Gasteiger partial charge on any atom is 0.333 e. The van der Waals surface area contributed by atoms with Gasteiger partial charge in [0.2, 0.25) is 5.91 Å². The summed E-state index contributed by atoms with van der Waals surface area (Å²) in [6.45, 7) is 0. The Kier molecular flexibility index (Phi) is 6.85. The second kappa shape index (κ2) is 8.68. The van der Waals surface area contributed by atoms with Crippen molar-refractivity contribution in [1.29, 1.82) is 0 Å². The fraction of sp³-hybridized carbons (Fsp3) is 0.579. The highest BCUT2D eigenvalue weighted by atomic mass is 35.5. The zero-order valence-electron chi connectivity index (χ0n) is 14.5. The van der Waals surface area contributed by atoms with E-state index in [-0.39, 0.29) is 30.3 Å². The number of methoxy groups -OCH3 is 1. The predicted molar refractivity (Wildman–Crippen MR) is 98.1 cm³/mol. The quantitative estimate of drug-likeness (QED) is 0.802. The molecule has 1 aromatic rings. The van der Waals surface area contributed by atoms with E-state index in [4.69, 9.17) is 10.5 Å². The molecule has 2 aliphatic rings. The molecule has 0 heterocycles. The van der Waals surface area contributed by atoms with Gasteiger partial charge < -0.3 is 15.8 Å². The number of carbonyl (C=O) groups is 2. The molecule has 138 valence electrons. The van der Waals surface area contributed by atoms with Gasteiger partial charge in [-0.05, 0) is 43.1 Å². The number of fused-ring (bicyclic) bond motifs is 2. The molecule has 2 bridgehead atoms. The highest BCUT2D eigenvalue weighted by Crippen LogP contribution is 2.42. The van der Waals surface area contributed by atoms with Crippen LogP contribution in [0.3, 0.4) is 0 Å². The Morgan fingerprint density at radius 1 is 1.16 bits per heavy atom. The number of rotatable bonds is 4. The zero-order valence-corrected chi connectivity index (χ0v) is 15.3. The molecule has 3 rings (SSSR count). The summed E-state index contributed by atoms with van der Waals surface area (Å²) in [5, 5.41) is 2.90. The summed E-state index contributed by atoms with van der Waals surface area (Å²) in [5.74, 6) is 0.305. The van der Waals surface area contributed by atoms with Gasteiger partial charge in [0.05, 0.1) is 7.11 Å². The van der Waals surface area contributed by atoms with Crippen molar-refractivity contribution in [2.24, 2.45) is 23.5 Å². The van der Waals surface area contributed by atoms with Crippen LogP contribution in [0, 0.1) is 17.8 Å². The number of halogens is 1. The van der Waals surface area contributed by atoms with Gasteiger partial charge in [-0.2, -0.15) is 0 Å². The molecule has 5 nitrogen and oxygen atoms in total. The summed E-state index contributed by atoms with van der Waals surface area (Å²) in [6.07, 6.45) is 5.09. The molecule has 2 saturated carbocycles. The minimum absolute atomic E-state index is 0. The van der Waals surface area contributed by atoms with Gasteiger partial charge in [-0.15, -0.1) is 12.4 Å². The zero-order chi connectivity index (χ0) is 17.1. The Balaban J connectivity index is 0.00000225. The number of nitrogens with one attached hydrogen (secondary N) is 1. The number of carbonyl (C=O) groups excluding carboxylic acids is 2. The fourth-order valence-electron chi connectivity index (χ4n) is 4.30. The first-order valence-electron chi connectivity index (χ1n) is 8.79. The molecule has 2 fully saturated rings. The fourth-order valence-corrected chi connectivity index (χ4v) is 4.30. The third-order valence-corrected chi connectivity index (χ3v) is 5.64. The smallest absolute Gasteiger partial charge is 0.333 e. The van der Waals surface area contributed by atoms with Crippen LogP contribution in [-0.4, -0.2) is 25.0 Å². The number of ether oxygens (including phenoxy) is 1. The molecule has 1 amide bonds. The Bertz CT molecular complexity index is 582. The molecule has 0 radical (unpaired) electrons. The predicted octanol–water partition coefficient (Wildman–Crippen LogP) is 2.59. The van der Waals surface area contributed by atoms with Gasteiger partial charge in [-0.1, -0.05) is 36.8 Å². The monoisotopic (exact) mass is 366 g/mol. The van der Waals surface area contributed by atoms with Gasteiger partial charge in [0, 0.05) is 12.0 Å². The van der Waals surface area contributed by atoms with Crippen molar-refractivity contribution in [2.45, 2.75) is 44.2 Å². The minimum Gasteiger partial charge on any atom is -0.467 e. The van der Waals surface area contributed by atoms with E-state index in [9.17, 15) is 9.59 Å². The van der Waals surface area contributed by atoms with E-state index in [1.54, 1.807) is 0 Å². The number of esters is 1. The number of amides is 1. The van der Waals surface area contributed by atoms with E-state index >= 15 is 0 Å². The van der Waals surface area contributed by atoms with Gasteiger partial charge in [0.25, 0.3) is 0 Å². The summed E-state index contributed by atoms with van der Waals surface area (Å²) in [5.41, 5.74) is 7.04. The normalized spacial score (nSPS) is 29.0. The molecule has 1 aromatic carbocycles. The molecule has 6 heteroatoms. The van der Waals surface area contributed by atoms with Crippen LogP contribution in [0.15, 0.2) is 30.3 Å². The maximum absolute atomic E-state index is 12.8. The average Bonchev–Trinajstić information content (AvgIpc) is 2.59. The first-order chi connectivity index (χ1) is 11.6. The second-order valence-corrected chi connectivity index (χ2v) is 7.07.